The Balaban J connectivity index is 1.27. The average Bonchev–Trinajstić information content (AvgIpc) is 3.47. The van der Waals surface area contributed by atoms with Crippen LogP contribution in [0.1, 0.15) is 48.6 Å². The van der Waals surface area contributed by atoms with E-state index in [-0.39, 0.29) is 11.9 Å². The number of hydrogen-bond donors (Lipinski definition) is 0. The number of aromatic nitrogens is 3. The number of nitrogens with zero attached hydrogens (tertiary/aromatic N) is 4. The summed E-state index contributed by atoms with van der Waals surface area (Å²) >= 11 is 1.48. The van der Waals surface area contributed by atoms with Crippen molar-refractivity contribution in [2.24, 2.45) is 0 Å². The average molecular weight is 481 g/mol. The first-order valence-corrected chi connectivity index (χ1v) is 13.4. The van der Waals surface area contributed by atoms with Crippen molar-refractivity contribution in [3.05, 3.63) is 102 Å². The molecule has 4 aromatic rings. The summed E-state index contributed by atoms with van der Waals surface area (Å²) in [7, 11) is 0. The van der Waals surface area contributed by atoms with Crippen LogP contribution in [0.25, 0.3) is 5.69 Å². The fourth-order valence-corrected chi connectivity index (χ4v) is 6.45. The molecular formula is C29H28N4OS. The number of hydrogen-bond acceptors (Lipinski definition) is 4. The van der Waals surface area contributed by atoms with Crippen LogP contribution in [-0.4, -0.2) is 32.5 Å². The summed E-state index contributed by atoms with van der Waals surface area (Å²) in [6.07, 6.45) is 5.37. The molecule has 0 saturated heterocycles. The van der Waals surface area contributed by atoms with Crippen molar-refractivity contribution in [1.29, 1.82) is 0 Å². The molecular weight excluding hydrogens is 452 g/mol. The number of fused-ring (bicyclic) bond motifs is 3. The van der Waals surface area contributed by atoms with E-state index in [1.54, 1.807) is 0 Å². The zero-order chi connectivity index (χ0) is 23.6. The maximum absolute atomic E-state index is 13.6. The van der Waals surface area contributed by atoms with E-state index >= 15 is 0 Å². The van der Waals surface area contributed by atoms with E-state index in [2.05, 4.69) is 62.1 Å². The summed E-state index contributed by atoms with van der Waals surface area (Å²) in [5, 5.41) is 9.80. The quantitative estimate of drug-likeness (QED) is 0.317. The van der Waals surface area contributed by atoms with Crippen LogP contribution in [0.3, 0.4) is 0 Å². The van der Waals surface area contributed by atoms with Crippen molar-refractivity contribution in [3.63, 3.8) is 0 Å². The standard InChI is InChI=1S/C29H28N4OS/c34-28(33-25-17-9-7-15-23(25)24-16-8-10-18-26(24)33)20-35-29-31-30-27(19-21-11-3-1-4-12-21)32(29)22-13-5-2-6-14-22/h1-7,9,11-15,17,24,26H,8,10,16,18-20H2. The molecule has 0 N–H and O–H groups in total. The summed E-state index contributed by atoms with van der Waals surface area (Å²) < 4.78 is 2.09. The third-order valence-corrected chi connectivity index (χ3v) is 8.08. The van der Waals surface area contributed by atoms with Gasteiger partial charge in [-0.15, -0.1) is 10.2 Å². The molecule has 2 atom stereocenters. The van der Waals surface area contributed by atoms with Gasteiger partial charge in [0.05, 0.1) is 5.75 Å². The minimum Gasteiger partial charge on any atom is -0.308 e. The largest absolute Gasteiger partial charge is 0.308 e. The monoisotopic (exact) mass is 480 g/mol. The van der Waals surface area contributed by atoms with Crippen LogP contribution in [0, 0.1) is 0 Å². The molecule has 1 saturated carbocycles. The van der Waals surface area contributed by atoms with Crippen LogP contribution in [0.15, 0.2) is 90.1 Å². The molecule has 5 nitrogen and oxygen atoms in total. The van der Waals surface area contributed by atoms with Gasteiger partial charge < -0.3 is 4.90 Å². The second-order valence-corrected chi connectivity index (χ2v) is 10.2. The molecule has 0 radical (unpaired) electrons. The zero-order valence-corrected chi connectivity index (χ0v) is 20.4. The fourth-order valence-electron chi connectivity index (χ4n) is 5.62. The molecule has 2 heterocycles. The van der Waals surface area contributed by atoms with Gasteiger partial charge in [0.1, 0.15) is 5.82 Å². The molecule has 3 aromatic carbocycles. The van der Waals surface area contributed by atoms with Crippen molar-refractivity contribution in [2.75, 3.05) is 10.7 Å². The Morgan fingerprint density at radius 2 is 1.57 bits per heavy atom. The van der Waals surface area contributed by atoms with Crippen LogP contribution >= 0.6 is 11.8 Å². The van der Waals surface area contributed by atoms with Crippen molar-refractivity contribution in [2.45, 2.75) is 49.2 Å². The van der Waals surface area contributed by atoms with Gasteiger partial charge in [-0.3, -0.25) is 9.36 Å². The maximum atomic E-state index is 13.6. The number of carbonyl (C=O) groups is 1. The normalized spacial score (nSPS) is 18.8. The number of thioether (sulfide) groups is 1. The van der Waals surface area contributed by atoms with Crippen LogP contribution in [0.2, 0.25) is 0 Å². The Labute approximate surface area is 210 Å². The number of benzene rings is 3. The van der Waals surface area contributed by atoms with E-state index in [4.69, 9.17) is 0 Å². The molecule has 6 rings (SSSR count). The Morgan fingerprint density at radius 3 is 2.40 bits per heavy atom. The van der Waals surface area contributed by atoms with Gasteiger partial charge in [0.25, 0.3) is 0 Å². The van der Waals surface area contributed by atoms with E-state index in [1.165, 1.54) is 42.2 Å². The summed E-state index contributed by atoms with van der Waals surface area (Å²) in [5.41, 5.74) is 4.64. The van der Waals surface area contributed by atoms with E-state index in [0.717, 1.165) is 28.8 Å². The molecule has 1 amide bonds. The Morgan fingerprint density at radius 1 is 0.857 bits per heavy atom. The minimum atomic E-state index is 0.157. The van der Waals surface area contributed by atoms with Crippen molar-refractivity contribution in [1.82, 2.24) is 14.8 Å². The summed E-state index contributed by atoms with van der Waals surface area (Å²) in [5.74, 6) is 1.84. The molecule has 1 fully saturated rings. The summed E-state index contributed by atoms with van der Waals surface area (Å²) in [6.45, 7) is 0. The molecule has 1 aliphatic carbocycles. The van der Waals surface area contributed by atoms with Gasteiger partial charge in [-0.1, -0.05) is 91.3 Å². The van der Waals surface area contributed by atoms with Gasteiger partial charge in [-0.2, -0.15) is 0 Å². The van der Waals surface area contributed by atoms with Crippen molar-refractivity contribution < 1.29 is 4.79 Å². The highest BCUT2D eigenvalue weighted by atomic mass is 32.2. The zero-order valence-electron chi connectivity index (χ0n) is 19.6. The van der Waals surface area contributed by atoms with E-state index in [1.807, 2.05) is 42.5 Å². The summed E-state index contributed by atoms with van der Waals surface area (Å²) in [6, 6.07) is 29.2. The first-order valence-electron chi connectivity index (χ1n) is 12.4. The number of amides is 1. The first-order chi connectivity index (χ1) is 17.3. The molecule has 2 aliphatic rings. The first kappa shape index (κ1) is 22.1. The molecule has 0 bridgehead atoms. The predicted molar refractivity (Wildman–Crippen MR) is 140 cm³/mol. The van der Waals surface area contributed by atoms with Gasteiger partial charge in [0, 0.05) is 29.8 Å². The van der Waals surface area contributed by atoms with Crippen molar-refractivity contribution in [3.8, 4) is 5.69 Å². The van der Waals surface area contributed by atoms with Gasteiger partial charge in [0.15, 0.2) is 5.16 Å². The van der Waals surface area contributed by atoms with Gasteiger partial charge in [-0.25, -0.2) is 0 Å². The SMILES string of the molecule is O=C(CSc1nnc(Cc2ccccc2)n1-c1ccccc1)N1c2ccccc2C2CCCCC21. The lowest BCUT2D eigenvalue weighted by atomic mass is 9.82. The van der Waals surface area contributed by atoms with Crippen LogP contribution in [0.5, 0.6) is 0 Å². The molecule has 6 heteroatoms. The highest BCUT2D eigenvalue weighted by Crippen LogP contribution is 2.47. The van der Waals surface area contributed by atoms with Crippen molar-refractivity contribution >= 4 is 23.4 Å². The molecule has 0 spiro atoms. The molecule has 176 valence electrons. The number of anilines is 1. The van der Waals surface area contributed by atoms with Crippen LogP contribution < -0.4 is 4.90 Å². The lowest BCUT2D eigenvalue weighted by Gasteiger charge is -2.32. The second-order valence-electron chi connectivity index (χ2n) is 9.30. The van der Waals surface area contributed by atoms with Gasteiger partial charge in [0.2, 0.25) is 5.91 Å². The van der Waals surface area contributed by atoms with Gasteiger partial charge in [-0.05, 0) is 42.2 Å². The Bertz CT molecular complexity index is 1320. The fraction of sp³-hybridized carbons (Fsp3) is 0.276. The van der Waals surface area contributed by atoms with E-state index in [0.29, 0.717) is 18.1 Å². The predicted octanol–water partition coefficient (Wildman–Crippen LogP) is 6.02. The third kappa shape index (κ3) is 4.27. The van der Waals surface area contributed by atoms with Crippen LogP contribution in [0.4, 0.5) is 5.69 Å². The lowest BCUT2D eigenvalue weighted by Crippen LogP contribution is -2.41. The number of rotatable bonds is 6. The van der Waals surface area contributed by atoms with E-state index in [9.17, 15) is 4.79 Å². The third-order valence-electron chi connectivity index (χ3n) is 7.17. The Hall–Kier alpha value is -3.38. The highest BCUT2D eigenvalue weighted by Gasteiger charge is 2.42. The highest BCUT2D eigenvalue weighted by molar-refractivity contribution is 7.99. The smallest absolute Gasteiger partial charge is 0.237 e. The number of carbonyl (C=O) groups excluding carboxylic acids is 1. The minimum absolute atomic E-state index is 0.157. The molecule has 1 aliphatic heterocycles. The Kier molecular flexibility index (Phi) is 6.13. The molecule has 2 unspecified atom stereocenters. The molecule has 1 aromatic heterocycles. The molecule has 35 heavy (non-hydrogen) atoms. The van der Waals surface area contributed by atoms with Crippen LogP contribution in [-0.2, 0) is 11.2 Å². The van der Waals surface area contributed by atoms with E-state index < -0.39 is 0 Å². The maximum Gasteiger partial charge on any atom is 0.237 e. The lowest BCUT2D eigenvalue weighted by molar-refractivity contribution is -0.116. The topological polar surface area (TPSA) is 51.0 Å². The summed E-state index contributed by atoms with van der Waals surface area (Å²) in [4.78, 5) is 15.7. The number of para-hydroxylation sites is 2. The van der Waals surface area contributed by atoms with Gasteiger partial charge >= 0.3 is 0 Å². The second kappa shape index (κ2) is 9.70.